The molecule has 0 aromatic carbocycles. The van der Waals surface area contributed by atoms with Gasteiger partial charge in [0.25, 0.3) is 0 Å². The zero-order chi connectivity index (χ0) is 18.3. The molecular formula is C18H19FN6O. The number of nitrogens with zero attached hydrogens (tertiary/aromatic N) is 4. The third kappa shape index (κ3) is 2.78. The predicted molar refractivity (Wildman–Crippen MR) is 97.7 cm³/mol. The van der Waals surface area contributed by atoms with E-state index in [0.717, 1.165) is 22.2 Å². The van der Waals surface area contributed by atoms with E-state index in [1.165, 1.54) is 6.07 Å². The van der Waals surface area contributed by atoms with E-state index in [1.54, 1.807) is 23.9 Å². The van der Waals surface area contributed by atoms with Crippen LogP contribution in [0.3, 0.4) is 0 Å². The Bertz CT molecular complexity index is 1090. The second-order valence-corrected chi connectivity index (χ2v) is 6.33. The lowest BCUT2D eigenvalue weighted by atomic mass is 10.1. The molecule has 0 saturated heterocycles. The van der Waals surface area contributed by atoms with Gasteiger partial charge in [0.1, 0.15) is 5.65 Å². The Balaban J connectivity index is 1.75. The molecule has 4 rings (SSSR count). The van der Waals surface area contributed by atoms with Crippen molar-refractivity contribution in [3.63, 3.8) is 0 Å². The molecule has 1 unspecified atom stereocenters. The maximum absolute atomic E-state index is 14.4. The maximum Gasteiger partial charge on any atom is 0.224 e. The van der Waals surface area contributed by atoms with Crippen LogP contribution in [0.4, 0.5) is 10.3 Å². The number of hydrogen-bond donors (Lipinski definition) is 2. The third-order valence-electron chi connectivity index (χ3n) is 4.28. The highest BCUT2D eigenvalue weighted by Crippen LogP contribution is 2.29. The largest absolute Gasteiger partial charge is 0.383 e. The number of rotatable bonds is 5. The molecule has 4 heterocycles. The summed E-state index contributed by atoms with van der Waals surface area (Å²) >= 11 is 0. The van der Waals surface area contributed by atoms with Gasteiger partial charge in [-0.15, -0.1) is 0 Å². The highest BCUT2D eigenvalue weighted by Gasteiger charge is 2.14. The zero-order valence-electron chi connectivity index (χ0n) is 14.7. The molecule has 4 aromatic heterocycles. The lowest BCUT2D eigenvalue weighted by molar-refractivity contribution is 0.190. The summed E-state index contributed by atoms with van der Waals surface area (Å²) in [6.45, 7) is 4.43. The van der Waals surface area contributed by atoms with E-state index >= 15 is 0 Å². The number of pyridine rings is 1. The zero-order valence-corrected chi connectivity index (χ0v) is 14.7. The Morgan fingerprint density at radius 3 is 3.00 bits per heavy atom. The number of aryl methyl sites for hydroxylation is 1. The van der Waals surface area contributed by atoms with Crippen LogP contribution in [0.1, 0.15) is 12.6 Å². The number of ether oxygens (including phenoxy) is 1. The van der Waals surface area contributed by atoms with Crippen LogP contribution >= 0.6 is 0 Å². The van der Waals surface area contributed by atoms with Crippen LogP contribution in [0, 0.1) is 12.7 Å². The molecule has 0 fully saturated rings. The average Bonchev–Trinajstić information content (AvgIpc) is 3.19. The molecule has 0 aliphatic rings. The quantitative estimate of drug-likeness (QED) is 0.575. The summed E-state index contributed by atoms with van der Waals surface area (Å²) in [6, 6.07) is 1.57. The fourth-order valence-corrected chi connectivity index (χ4v) is 3.04. The van der Waals surface area contributed by atoms with Gasteiger partial charge in [-0.1, -0.05) is 0 Å². The average molecular weight is 354 g/mol. The van der Waals surface area contributed by atoms with Gasteiger partial charge in [-0.05, 0) is 19.9 Å². The molecule has 0 amide bonds. The van der Waals surface area contributed by atoms with E-state index in [2.05, 4.69) is 25.3 Å². The molecule has 0 aliphatic heterocycles. The number of aromatic nitrogens is 5. The molecule has 8 heteroatoms. The Morgan fingerprint density at radius 2 is 2.19 bits per heavy atom. The number of imidazole rings is 1. The summed E-state index contributed by atoms with van der Waals surface area (Å²) < 4.78 is 21.2. The second-order valence-electron chi connectivity index (χ2n) is 6.33. The number of H-pyrrole nitrogens is 1. The van der Waals surface area contributed by atoms with E-state index in [-0.39, 0.29) is 11.9 Å². The Hall–Kier alpha value is -3.00. The fraction of sp³-hybridized carbons (Fsp3) is 0.278. The summed E-state index contributed by atoms with van der Waals surface area (Å²) in [4.78, 5) is 16.1. The molecule has 0 aliphatic carbocycles. The van der Waals surface area contributed by atoms with Crippen molar-refractivity contribution in [2.75, 3.05) is 19.0 Å². The smallest absolute Gasteiger partial charge is 0.224 e. The standard InChI is InChI=1S/C18H19FN6O/c1-10(9-26-3)23-18-22-7-14-13(6-20-16(14)24-18)12-4-15(19)17-21-5-11(2)25(17)8-12/h4-8,10H,9H2,1-3H3,(H2,20,22,23,24). The van der Waals surface area contributed by atoms with Crippen LogP contribution < -0.4 is 5.32 Å². The van der Waals surface area contributed by atoms with Gasteiger partial charge in [-0.2, -0.15) is 4.98 Å². The van der Waals surface area contributed by atoms with Crippen molar-refractivity contribution in [1.29, 1.82) is 0 Å². The topological polar surface area (TPSA) is 80.1 Å². The predicted octanol–water partition coefficient (Wildman–Crippen LogP) is 3.17. The minimum absolute atomic E-state index is 0.0904. The van der Waals surface area contributed by atoms with E-state index in [9.17, 15) is 4.39 Å². The number of fused-ring (bicyclic) bond motifs is 2. The maximum atomic E-state index is 14.4. The molecule has 0 radical (unpaired) electrons. The van der Waals surface area contributed by atoms with E-state index in [1.807, 2.05) is 26.2 Å². The minimum Gasteiger partial charge on any atom is -0.383 e. The molecule has 0 saturated carbocycles. The molecule has 7 nitrogen and oxygen atoms in total. The highest BCUT2D eigenvalue weighted by molar-refractivity contribution is 5.93. The van der Waals surface area contributed by atoms with E-state index < -0.39 is 0 Å². The summed E-state index contributed by atoms with van der Waals surface area (Å²) in [5.41, 5.74) is 3.45. The normalized spacial score (nSPS) is 12.8. The Kier molecular flexibility index (Phi) is 4.04. The van der Waals surface area contributed by atoms with Crippen molar-refractivity contribution in [1.82, 2.24) is 24.3 Å². The fourth-order valence-electron chi connectivity index (χ4n) is 3.04. The number of nitrogens with one attached hydrogen (secondary N) is 2. The van der Waals surface area contributed by atoms with E-state index in [4.69, 9.17) is 4.74 Å². The highest BCUT2D eigenvalue weighted by atomic mass is 19.1. The number of methoxy groups -OCH3 is 1. The van der Waals surface area contributed by atoms with Gasteiger partial charge >= 0.3 is 0 Å². The molecule has 4 aromatic rings. The number of halogens is 1. The lowest BCUT2D eigenvalue weighted by Crippen LogP contribution is -2.22. The van der Waals surface area contributed by atoms with Crippen LogP contribution in [-0.4, -0.2) is 44.1 Å². The molecule has 134 valence electrons. The summed E-state index contributed by atoms with van der Waals surface area (Å²) in [5, 5.41) is 4.01. The van der Waals surface area contributed by atoms with Crippen molar-refractivity contribution in [2.24, 2.45) is 0 Å². The first kappa shape index (κ1) is 16.5. The summed E-state index contributed by atoms with van der Waals surface area (Å²) in [5.74, 6) is 0.153. The van der Waals surface area contributed by atoms with Crippen molar-refractivity contribution >= 4 is 22.6 Å². The van der Waals surface area contributed by atoms with Gasteiger partial charge in [0.15, 0.2) is 11.5 Å². The first-order valence-corrected chi connectivity index (χ1v) is 8.30. The van der Waals surface area contributed by atoms with Crippen molar-refractivity contribution in [3.05, 3.63) is 42.4 Å². The molecule has 26 heavy (non-hydrogen) atoms. The van der Waals surface area contributed by atoms with Crippen LogP contribution in [0.2, 0.25) is 0 Å². The Labute approximate surface area is 149 Å². The number of hydrogen-bond acceptors (Lipinski definition) is 5. The van der Waals surface area contributed by atoms with Crippen molar-refractivity contribution < 1.29 is 9.13 Å². The van der Waals surface area contributed by atoms with Crippen molar-refractivity contribution in [3.8, 4) is 11.1 Å². The molecular weight excluding hydrogens is 335 g/mol. The minimum atomic E-state index is -0.363. The van der Waals surface area contributed by atoms with Crippen LogP contribution in [0.5, 0.6) is 0 Å². The summed E-state index contributed by atoms with van der Waals surface area (Å²) in [6.07, 6.45) is 7.07. The third-order valence-corrected chi connectivity index (χ3v) is 4.28. The molecule has 0 spiro atoms. The molecule has 0 bridgehead atoms. The SMILES string of the molecule is COCC(C)Nc1ncc2c(-c3cc(F)c4ncc(C)n4c3)c[nH]c2n1. The first-order valence-electron chi connectivity index (χ1n) is 8.30. The van der Waals surface area contributed by atoms with Gasteiger partial charge in [-0.25, -0.2) is 14.4 Å². The van der Waals surface area contributed by atoms with Crippen LogP contribution in [-0.2, 0) is 4.74 Å². The first-order chi connectivity index (χ1) is 12.6. The lowest BCUT2D eigenvalue weighted by Gasteiger charge is -2.12. The van der Waals surface area contributed by atoms with Gasteiger partial charge in [0, 0.05) is 60.1 Å². The van der Waals surface area contributed by atoms with Gasteiger partial charge in [-0.3, -0.25) is 0 Å². The van der Waals surface area contributed by atoms with Crippen LogP contribution in [0.25, 0.3) is 27.8 Å². The van der Waals surface area contributed by atoms with Gasteiger partial charge in [0.05, 0.1) is 6.61 Å². The second kappa shape index (κ2) is 6.38. The number of aromatic amines is 1. The molecule has 2 N–H and O–H groups in total. The van der Waals surface area contributed by atoms with Gasteiger partial charge < -0.3 is 19.4 Å². The number of anilines is 1. The van der Waals surface area contributed by atoms with Crippen molar-refractivity contribution in [2.45, 2.75) is 19.9 Å². The van der Waals surface area contributed by atoms with E-state index in [0.29, 0.717) is 23.8 Å². The molecule has 1 atom stereocenters. The van der Waals surface area contributed by atoms with Crippen LogP contribution in [0.15, 0.2) is 30.9 Å². The Morgan fingerprint density at radius 1 is 1.35 bits per heavy atom. The van der Waals surface area contributed by atoms with Gasteiger partial charge in [0.2, 0.25) is 5.95 Å². The monoisotopic (exact) mass is 354 g/mol. The summed E-state index contributed by atoms with van der Waals surface area (Å²) in [7, 11) is 1.65.